The maximum atomic E-state index is 13.7. The number of ether oxygens (including phenoxy) is 1. The number of carbonyl (C=O) groups is 2. The van der Waals surface area contributed by atoms with E-state index in [1.54, 1.807) is 0 Å². The van der Waals surface area contributed by atoms with Crippen molar-refractivity contribution >= 4 is 19.7 Å². The van der Waals surface area contributed by atoms with Crippen LogP contribution in [0, 0.1) is 0 Å². The molecule has 0 spiro atoms. The average Bonchev–Trinajstić information content (AvgIpc) is 3.73. The molecule has 0 aliphatic rings. The Hall–Kier alpha value is -2.81. The standard InChI is InChI=1S/C81H149N2O7P/c1-7-10-13-16-19-22-25-28-30-32-34-36-38-40-41-43-45-47-49-51-53-56-59-62-65-68-71-74-81(85)90-79(72-69-66-63-60-57-54-27-24-21-18-15-12-9-3)78(77-89-91(86,87)88-76-75-83(4,5)6)82-80(84)73-70-67-64-61-58-55-52-50-48-46-44-42-39-37-35-33-31-29-26-23-20-17-14-11-8-2/h11,14,20,23,29,31,35,37,42,44,48,50,69,72,78-79H,7-10,12-13,15-19,21-22,24-28,30,32-34,36,38-41,43,45-47,49,51-68,70-71,73-77H2,1-6H3,(H-,82,84,86,87)/p+1/b14-11-,23-20-,31-29-,37-35-,44-42-,50-48-,72-69+. The van der Waals surface area contributed by atoms with Crippen molar-refractivity contribution in [3.63, 3.8) is 0 Å². The van der Waals surface area contributed by atoms with Gasteiger partial charge >= 0.3 is 13.8 Å². The minimum atomic E-state index is -4.47. The topological polar surface area (TPSA) is 111 Å². The van der Waals surface area contributed by atoms with E-state index >= 15 is 0 Å². The zero-order valence-corrected chi connectivity index (χ0v) is 61.7. The van der Waals surface area contributed by atoms with Gasteiger partial charge in [-0.3, -0.25) is 18.6 Å². The van der Waals surface area contributed by atoms with Gasteiger partial charge in [0.25, 0.3) is 0 Å². The Balaban J connectivity index is 5.01. The van der Waals surface area contributed by atoms with Gasteiger partial charge in [-0.2, -0.15) is 0 Å². The molecule has 0 rings (SSSR count). The van der Waals surface area contributed by atoms with Crippen LogP contribution in [0.3, 0.4) is 0 Å². The summed E-state index contributed by atoms with van der Waals surface area (Å²) in [5.41, 5.74) is 0. The number of carbonyl (C=O) groups excluding carboxylic acids is 2. The van der Waals surface area contributed by atoms with E-state index in [-0.39, 0.29) is 31.5 Å². The van der Waals surface area contributed by atoms with Gasteiger partial charge in [0.05, 0.1) is 33.8 Å². The highest BCUT2D eigenvalue weighted by molar-refractivity contribution is 7.47. The van der Waals surface area contributed by atoms with E-state index in [1.165, 1.54) is 212 Å². The zero-order chi connectivity index (χ0) is 66.3. The van der Waals surface area contributed by atoms with Crippen molar-refractivity contribution in [3.05, 3.63) is 85.1 Å². The fourth-order valence-electron chi connectivity index (χ4n) is 11.4. The van der Waals surface area contributed by atoms with Crippen LogP contribution in [0.25, 0.3) is 0 Å². The van der Waals surface area contributed by atoms with Crippen molar-refractivity contribution in [2.75, 3.05) is 40.9 Å². The number of amides is 1. The highest BCUT2D eigenvalue weighted by Crippen LogP contribution is 2.43. The summed E-state index contributed by atoms with van der Waals surface area (Å²) in [7, 11) is 1.49. The number of quaternary nitrogens is 1. The predicted molar refractivity (Wildman–Crippen MR) is 397 cm³/mol. The lowest BCUT2D eigenvalue weighted by atomic mass is 10.0. The molecule has 91 heavy (non-hydrogen) atoms. The molecule has 0 aliphatic heterocycles. The van der Waals surface area contributed by atoms with E-state index < -0.39 is 20.0 Å². The van der Waals surface area contributed by atoms with Crippen LogP contribution in [0.4, 0.5) is 0 Å². The molecule has 3 unspecified atom stereocenters. The van der Waals surface area contributed by atoms with Crippen molar-refractivity contribution < 1.29 is 37.3 Å². The molecule has 0 saturated carbocycles. The van der Waals surface area contributed by atoms with Gasteiger partial charge < -0.3 is 19.4 Å². The summed E-state index contributed by atoms with van der Waals surface area (Å²) in [4.78, 5) is 38.0. The van der Waals surface area contributed by atoms with Crippen molar-refractivity contribution in [2.24, 2.45) is 0 Å². The molecule has 10 heteroatoms. The van der Waals surface area contributed by atoms with Crippen LogP contribution in [0.2, 0.25) is 0 Å². The maximum Gasteiger partial charge on any atom is 0.472 e. The first-order valence-corrected chi connectivity index (χ1v) is 40.4. The van der Waals surface area contributed by atoms with E-state index in [2.05, 4.69) is 99.0 Å². The van der Waals surface area contributed by atoms with E-state index in [9.17, 15) is 19.0 Å². The minimum Gasteiger partial charge on any atom is -0.456 e. The Labute approximate surface area is 565 Å². The second-order valence-corrected chi connectivity index (χ2v) is 29.0. The summed E-state index contributed by atoms with van der Waals surface area (Å²) < 4.78 is 30.9. The first-order chi connectivity index (χ1) is 44.4. The van der Waals surface area contributed by atoms with Gasteiger partial charge in [0.15, 0.2) is 0 Å². The lowest BCUT2D eigenvalue weighted by molar-refractivity contribution is -0.870. The van der Waals surface area contributed by atoms with Crippen molar-refractivity contribution in [1.29, 1.82) is 0 Å². The molecule has 0 aromatic carbocycles. The number of nitrogens with zero attached hydrogens (tertiary/aromatic N) is 1. The van der Waals surface area contributed by atoms with E-state index in [4.69, 9.17) is 13.8 Å². The van der Waals surface area contributed by atoms with Gasteiger partial charge in [0.1, 0.15) is 19.3 Å². The summed E-state index contributed by atoms with van der Waals surface area (Å²) >= 11 is 0. The summed E-state index contributed by atoms with van der Waals surface area (Å²) in [6, 6.07) is -0.861. The first-order valence-electron chi connectivity index (χ1n) is 38.9. The fraction of sp³-hybridized carbons (Fsp3) is 0.802. The summed E-state index contributed by atoms with van der Waals surface area (Å²) in [5.74, 6) is -0.509. The van der Waals surface area contributed by atoms with Gasteiger partial charge in [-0.15, -0.1) is 0 Å². The Kier molecular flexibility index (Phi) is 67.8. The van der Waals surface area contributed by atoms with Gasteiger partial charge in [-0.25, -0.2) is 4.57 Å². The number of unbranched alkanes of at least 4 members (excludes halogenated alkanes) is 43. The molecule has 1 amide bonds. The Morgan fingerprint density at radius 1 is 0.396 bits per heavy atom. The van der Waals surface area contributed by atoms with Crippen molar-refractivity contribution in [1.82, 2.24) is 5.32 Å². The van der Waals surface area contributed by atoms with Crippen LogP contribution in [0.5, 0.6) is 0 Å². The van der Waals surface area contributed by atoms with Gasteiger partial charge in [0.2, 0.25) is 5.91 Å². The highest BCUT2D eigenvalue weighted by Gasteiger charge is 2.30. The molecule has 0 heterocycles. The van der Waals surface area contributed by atoms with Crippen LogP contribution < -0.4 is 5.32 Å². The van der Waals surface area contributed by atoms with E-state index in [1.807, 2.05) is 33.3 Å². The predicted octanol–water partition coefficient (Wildman–Crippen LogP) is 25.2. The van der Waals surface area contributed by atoms with E-state index in [0.29, 0.717) is 17.4 Å². The number of phosphoric ester groups is 1. The lowest BCUT2D eigenvalue weighted by Crippen LogP contribution is -2.47. The lowest BCUT2D eigenvalue weighted by Gasteiger charge is -2.27. The molecule has 0 bridgehead atoms. The molecule has 0 aromatic rings. The number of allylic oxidation sites excluding steroid dienone is 13. The number of hydrogen-bond acceptors (Lipinski definition) is 6. The summed E-state index contributed by atoms with van der Waals surface area (Å²) in [6.07, 6.45) is 94.7. The third-order valence-corrected chi connectivity index (χ3v) is 18.3. The molecule has 0 aliphatic carbocycles. The third kappa shape index (κ3) is 71.3. The maximum absolute atomic E-state index is 13.7. The Bertz CT molecular complexity index is 1830. The smallest absolute Gasteiger partial charge is 0.456 e. The molecule has 0 fully saturated rings. The first kappa shape index (κ1) is 88.2. The zero-order valence-electron chi connectivity index (χ0n) is 60.8. The monoisotopic (exact) mass is 1290 g/mol. The van der Waals surface area contributed by atoms with Crippen LogP contribution in [-0.4, -0.2) is 74.3 Å². The molecule has 0 radical (unpaired) electrons. The minimum absolute atomic E-state index is 0.0355. The molecular formula is C81H150N2O7P+. The molecule has 9 nitrogen and oxygen atoms in total. The SMILES string of the molecule is CC/C=C\C/C=C\C/C=C\C/C=C\C/C=C\C/C=C\CCCCCCCCC(=O)NC(COP(=O)(O)OCC[N+](C)(C)C)C(/C=C/CCCCCCCCCCCCC)OC(=O)CCCCCCCCCCCCCCCCCCCCCCCCCCCCC. The van der Waals surface area contributed by atoms with Crippen LogP contribution in [0.1, 0.15) is 367 Å². The largest absolute Gasteiger partial charge is 0.472 e. The van der Waals surface area contributed by atoms with Crippen LogP contribution in [0.15, 0.2) is 85.1 Å². The normalized spacial score (nSPS) is 13.9. The van der Waals surface area contributed by atoms with Gasteiger partial charge in [0, 0.05) is 12.8 Å². The number of esters is 1. The number of rotatable bonds is 71. The molecule has 0 saturated heterocycles. The second kappa shape index (κ2) is 70.0. The Morgan fingerprint density at radius 2 is 0.703 bits per heavy atom. The van der Waals surface area contributed by atoms with Crippen molar-refractivity contribution in [3.8, 4) is 0 Å². The number of nitrogens with one attached hydrogen (secondary N) is 1. The molecule has 3 atom stereocenters. The summed E-state index contributed by atoms with van der Waals surface area (Å²) in [6.45, 7) is 6.94. The Morgan fingerprint density at radius 3 is 1.05 bits per heavy atom. The van der Waals surface area contributed by atoms with Crippen LogP contribution in [-0.2, 0) is 27.9 Å². The quantitative estimate of drug-likeness (QED) is 0.0205. The highest BCUT2D eigenvalue weighted by atomic mass is 31.2. The second-order valence-electron chi connectivity index (χ2n) is 27.5. The third-order valence-electron chi connectivity index (χ3n) is 17.3. The molecule has 2 N–H and O–H groups in total. The molecular weight excluding hydrogens is 1140 g/mol. The fourth-order valence-corrected chi connectivity index (χ4v) is 12.2. The van der Waals surface area contributed by atoms with E-state index in [0.717, 1.165) is 122 Å². The van der Waals surface area contributed by atoms with Gasteiger partial charge in [-0.1, -0.05) is 357 Å². The number of hydrogen-bond donors (Lipinski definition) is 2. The van der Waals surface area contributed by atoms with Crippen molar-refractivity contribution in [2.45, 2.75) is 380 Å². The molecule has 0 aromatic heterocycles. The number of phosphoric acid groups is 1. The van der Waals surface area contributed by atoms with Gasteiger partial charge in [-0.05, 0) is 83.1 Å². The molecule has 530 valence electrons. The summed E-state index contributed by atoms with van der Waals surface area (Å²) in [5, 5.41) is 3.07. The number of likely N-dealkylation sites (N-methyl/N-ethyl adjacent to an activating group) is 1. The van der Waals surface area contributed by atoms with Crippen LogP contribution >= 0.6 is 7.82 Å². The average molecular weight is 1300 g/mol.